The van der Waals surface area contributed by atoms with Gasteiger partial charge < -0.3 is 15.0 Å². The molecule has 0 heterocycles. The molecular formula is C31H25F3N2O4. The van der Waals surface area contributed by atoms with Gasteiger partial charge in [0.15, 0.2) is 0 Å². The van der Waals surface area contributed by atoms with Gasteiger partial charge in [0.1, 0.15) is 5.75 Å². The molecule has 204 valence electrons. The number of nitrogens with one attached hydrogen (secondary N) is 1. The Kier molecular flexibility index (Phi) is 8.33. The highest BCUT2D eigenvalue weighted by Crippen LogP contribution is 2.32. The molecule has 4 rings (SSSR count). The Morgan fingerprint density at radius 2 is 1.45 bits per heavy atom. The Hall–Kier alpha value is -4.92. The topological polar surface area (TPSA) is 75.7 Å². The second kappa shape index (κ2) is 11.9. The van der Waals surface area contributed by atoms with Gasteiger partial charge in [0.25, 0.3) is 11.8 Å². The van der Waals surface area contributed by atoms with Crippen LogP contribution in [0.5, 0.6) is 5.75 Å². The Morgan fingerprint density at radius 3 is 2.10 bits per heavy atom. The Bertz CT molecular complexity index is 1530. The molecule has 6 nitrogen and oxygen atoms in total. The van der Waals surface area contributed by atoms with E-state index in [1.165, 1.54) is 29.2 Å². The van der Waals surface area contributed by atoms with Crippen LogP contribution in [0.4, 0.5) is 18.9 Å². The zero-order valence-electron chi connectivity index (χ0n) is 21.7. The third kappa shape index (κ3) is 6.74. The summed E-state index contributed by atoms with van der Waals surface area (Å²) in [7, 11) is 3.12. The number of ether oxygens (including phenoxy) is 1. The molecule has 0 saturated carbocycles. The van der Waals surface area contributed by atoms with Crippen LogP contribution in [0.1, 0.15) is 31.8 Å². The third-order valence-electron chi connectivity index (χ3n) is 5.99. The average molecular weight is 547 g/mol. The van der Waals surface area contributed by atoms with Gasteiger partial charge in [0, 0.05) is 19.7 Å². The van der Waals surface area contributed by atoms with Crippen LogP contribution in [0, 0.1) is 0 Å². The molecule has 0 aliphatic heterocycles. The van der Waals surface area contributed by atoms with Gasteiger partial charge in [0.2, 0.25) is 0 Å². The molecule has 0 aliphatic rings. The summed E-state index contributed by atoms with van der Waals surface area (Å²) in [5, 5.41) is 2.75. The Balaban J connectivity index is 1.59. The van der Waals surface area contributed by atoms with Gasteiger partial charge in [-0.1, -0.05) is 54.6 Å². The summed E-state index contributed by atoms with van der Waals surface area (Å²) in [4.78, 5) is 40.1. The van der Waals surface area contributed by atoms with Crippen molar-refractivity contribution >= 4 is 23.5 Å². The number of nitrogens with zero attached hydrogens (tertiary/aromatic N) is 1. The molecule has 0 bridgehead atoms. The van der Waals surface area contributed by atoms with E-state index < -0.39 is 29.5 Å². The van der Waals surface area contributed by atoms with Crippen molar-refractivity contribution in [1.82, 2.24) is 4.90 Å². The summed E-state index contributed by atoms with van der Waals surface area (Å²) in [6.45, 7) is 0. The largest absolute Gasteiger partial charge is 0.426 e. The minimum atomic E-state index is -4.48. The number of halogens is 3. The number of anilines is 1. The first kappa shape index (κ1) is 28.1. The van der Waals surface area contributed by atoms with Crippen molar-refractivity contribution in [2.24, 2.45) is 0 Å². The smallest absolute Gasteiger partial charge is 0.416 e. The summed E-state index contributed by atoms with van der Waals surface area (Å²) in [5.74, 6) is -1.08. The van der Waals surface area contributed by atoms with E-state index in [0.717, 1.165) is 12.1 Å². The van der Waals surface area contributed by atoms with Crippen LogP contribution in [0.3, 0.4) is 0 Å². The highest BCUT2D eigenvalue weighted by atomic mass is 19.4. The number of amides is 2. The first-order valence-electron chi connectivity index (χ1n) is 12.2. The Morgan fingerprint density at radius 1 is 0.800 bits per heavy atom. The summed E-state index contributed by atoms with van der Waals surface area (Å²) in [6.07, 6.45) is -4.58. The zero-order chi connectivity index (χ0) is 28.9. The number of carbonyl (C=O) groups is 3. The van der Waals surface area contributed by atoms with E-state index in [-0.39, 0.29) is 23.2 Å². The molecule has 4 aromatic carbocycles. The molecule has 9 heteroatoms. The minimum Gasteiger partial charge on any atom is -0.426 e. The van der Waals surface area contributed by atoms with Crippen molar-refractivity contribution in [2.75, 3.05) is 19.4 Å². The van der Waals surface area contributed by atoms with Crippen molar-refractivity contribution in [1.29, 1.82) is 0 Å². The fraction of sp³-hybridized carbons (Fsp3) is 0.129. The van der Waals surface area contributed by atoms with Gasteiger partial charge in [-0.2, -0.15) is 13.2 Å². The highest BCUT2D eigenvalue weighted by Gasteiger charge is 2.30. The van der Waals surface area contributed by atoms with E-state index >= 15 is 0 Å². The van der Waals surface area contributed by atoms with Gasteiger partial charge in [-0.05, 0) is 59.2 Å². The van der Waals surface area contributed by atoms with E-state index in [1.807, 2.05) is 0 Å². The first-order valence-corrected chi connectivity index (χ1v) is 12.2. The van der Waals surface area contributed by atoms with Crippen LogP contribution >= 0.6 is 0 Å². The van der Waals surface area contributed by atoms with Crippen LogP contribution in [0.25, 0.3) is 11.1 Å². The fourth-order valence-corrected chi connectivity index (χ4v) is 4.01. The second-order valence-electron chi connectivity index (χ2n) is 9.12. The lowest BCUT2D eigenvalue weighted by Crippen LogP contribution is -2.24. The van der Waals surface area contributed by atoms with Gasteiger partial charge in [-0.3, -0.25) is 14.4 Å². The summed E-state index contributed by atoms with van der Waals surface area (Å²) >= 11 is 0. The van der Waals surface area contributed by atoms with Crippen molar-refractivity contribution in [3.05, 3.63) is 119 Å². The van der Waals surface area contributed by atoms with Crippen molar-refractivity contribution in [3.8, 4) is 16.9 Å². The molecule has 0 radical (unpaired) electrons. The predicted octanol–water partition coefficient (Wildman–Crippen LogP) is 6.47. The summed E-state index contributed by atoms with van der Waals surface area (Å²) in [6, 6.07) is 24.2. The molecule has 0 aliphatic carbocycles. The molecule has 0 atom stereocenters. The van der Waals surface area contributed by atoms with Crippen LogP contribution < -0.4 is 10.1 Å². The maximum Gasteiger partial charge on any atom is 0.416 e. The number of carbonyl (C=O) groups excluding carboxylic acids is 3. The first-order chi connectivity index (χ1) is 19.0. The predicted molar refractivity (Wildman–Crippen MR) is 145 cm³/mol. The zero-order valence-corrected chi connectivity index (χ0v) is 21.7. The number of hydrogen-bond donors (Lipinski definition) is 1. The third-order valence-corrected chi connectivity index (χ3v) is 5.99. The summed E-state index contributed by atoms with van der Waals surface area (Å²) < 4.78 is 44.4. The summed E-state index contributed by atoms with van der Waals surface area (Å²) in [5.41, 5.74) is 1.15. The van der Waals surface area contributed by atoms with Crippen LogP contribution in [-0.2, 0) is 17.4 Å². The minimum absolute atomic E-state index is 0.104. The molecule has 0 unspecified atom stereocenters. The van der Waals surface area contributed by atoms with E-state index in [0.29, 0.717) is 22.4 Å². The monoisotopic (exact) mass is 546 g/mol. The van der Waals surface area contributed by atoms with E-state index in [1.54, 1.807) is 74.8 Å². The maximum atomic E-state index is 13.4. The molecule has 0 fully saturated rings. The maximum absolute atomic E-state index is 13.4. The van der Waals surface area contributed by atoms with Gasteiger partial charge in [-0.25, -0.2) is 0 Å². The lowest BCUT2D eigenvalue weighted by molar-refractivity contribution is -0.137. The lowest BCUT2D eigenvalue weighted by Gasteiger charge is -2.17. The molecule has 0 saturated heterocycles. The lowest BCUT2D eigenvalue weighted by atomic mass is 9.97. The Labute approximate surface area is 229 Å². The van der Waals surface area contributed by atoms with Gasteiger partial charge >= 0.3 is 12.1 Å². The number of para-hydroxylation sites is 1. The molecule has 4 aromatic rings. The van der Waals surface area contributed by atoms with Crippen molar-refractivity contribution in [3.63, 3.8) is 0 Å². The SMILES string of the molecule is CN(C)C(=O)c1cc(CC(=O)Oc2ccccc2)ccc1NC(=O)c1ccccc1-c1ccc(C(F)(F)F)cc1. The number of alkyl halides is 3. The van der Waals surface area contributed by atoms with Crippen molar-refractivity contribution < 1.29 is 32.3 Å². The van der Waals surface area contributed by atoms with E-state index in [4.69, 9.17) is 4.74 Å². The molecule has 2 amide bonds. The van der Waals surface area contributed by atoms with Crippen LogP contribution in [0.2, 0.25) is 0 Å². The number of esters is 1. The molecule has 0 aromatic heterocycles. The normalized spacial score (nSPS) is 11.0. The number of rotatable bonds is 7. The molecule has 1 N–H and O–H groups in total. The second-order valence-corrected chi connectivity index (χ2v) is 9.12. The fourth-order valence-electron chi connectivity index (χ4n) is 4.01. The average Bonchev–Trinajstić information content (AvgIpc) is 2.93. The molecule has 0 spiro atoms. The van der Waals surface area contributed by atoms with Gasteiger partial charge in [-0.15, -0.1) is 0 Å². The van der Waals surface area contributed by atoms with E-state index in [2.05, 4.69) is 5.32 Å². The van der Waals surface area contributed by atoms with Crippen LogP contribution in [0.15, 0.2) is 97.1 Å². The van der Waals surface area contributed by atoms with Crippen LogP contribution in [-0.4, -0.2) is 36.8 Å². The highest BCUT2D eigenvalue weighted by molar-refractivity contribution is 6.11. The number of hydrogen-bond acceptors (Lipinski definition) is 4. The van der Waals surface area contributed by atoms with Crippen molar-refractivity contribution in [2.45, 2.75) is 12.6 Å². The van der Waals surface area contributed by atoms with E-state index in [9.17, 15) is 27.6 Å². The standard InChI is InChI=1S/C31H25F3N2O4/c1-36(2)30(39)26-18-20(19-28(37)40-23-8-4-3-5-9-23)12-17-27(26)35-29(38)25-11-7-6-10-24(25)21-13-15-22(16-14-21)31(32,33)34/h3-18H,19H2,1-2H3,(H,35,38). The molecule has 40 heavy (non-hydrogen) atoms. The molecular weight excluding hydrogens is 521 g/mol. The quantitative estimate of drug-likeness (QED) is 0.213. The number of benzene rings is 4. The van der Waals surface area contributed by atoms with Gasteiger partial charge in [0.05, 0.1) is 23.2 Å².